The van der Waals surface area contributed by atoms with Gasteiger partial charge in [-0.2, -0.15) is 8.78 Å². The van der Waals surface area contributed by atoms with Gasteiger partial charge < -0.3 is 20.7 Å². The van der Waals surface area contributed by atoms with Crippen molar-refractivity contribution in [3.8, 4) is 5.75 Å². The molecule has 2 aromatic carbocycles. The molecule has 2 rings (SSSR count). The van der Waals surface area contributed by atoms with Crippen molar-refractivity contribution in [3.05, 3.63) is 59.2 Å². The van der Waals surface area contributed by atoms with E-state index >= 15 is 0 Å². The predicted molar refractivity (Wildman–Crippen MR) is 110 cm³/mol. The molecule has 156 valence electrons. The summed E-state index contributed by atoms with van der Waals surface area (Å²) in [5, 5.41) is 9.00. The molecule has 0 bridgehead atoms. The van der Waals surface area contributed by atoms with Gasteiger partial charge in [-0.15, -0.1) is 0 Å². The highest BCUT2D eigenvalue weighted by atomic mass is 19.3. The van der Waals surface area contributed by atoms with Gasteiger partial charge in [0.25, 0.3) is 0 Å². The summed E-state index contributed by atoms with van der Waals surface area (Å²) in [4.78, 5) is 15.7. The number of ether oxygens (including phenoxy) is 1. The summed E-state index contributed by atoms with van der Waals surface area (Å²) in [5.41, 5.74) is 3.19. The number of amides is 1. The van der Waals surface area contributed by atoms with Crippen LogP contribution in [0.15, 0.2) is 47.5 Å². The summed E-state index contributed by atoms with van der Waals surface area (Å²) < 4.78 is 29.9. The number of alkyl halides is 2. The van der Waals surface area contributed by atoms with E-state index in [0.717, 1.165) is 11.1 Å². The van der Waals surface area contributed by atoms with Crippen LogP contribution in [0.4, 0.5) is 14.5 Å². The Balaban J connectivity index is 2.09. The van der Waals surface area contributed by atoms with E-state index in [4.69, 9.17) is 0 Å². The molecule has 6 nitrogen and oxygen atoms in total. The Kier molecular flexibility index (Phi) is 8.39. The fourth-order valence-electron chi connectivity index (χ4n) is 2.70. The number of hydrogen-bond donors (Lipinski definition) is 3. The number of guanidine groups is 1. The van der Waals surface area contributed by atoms with E-state index in [1.165, 1.54) is 13.0 Å². The zero-order valence-corrected chi connectivity index (χ0v) is 16.8. The molecule has 0 aliphatic carbocycles. The van der Waals surface area contributed by atoms with Crippen molar-refractivity contribution in [2.45, 2.75) is 40.5 Å². The first-order chi connectivity index (χ1) is 13.9. The Hall–Kier alpha value is -3.16. The molecule has 0 unspecified atom stereocenters. The fraction of sp³-hybridized carbons (Fsp3) is 0.333. The smallest absolute Gasteiger partial charge is 0.387 e. The maximum Gasteiger partial charge on any atom is 0.387 e. The SMILES string of the molecule is CCNC(=NCc1cccc(NC(C)=O)c1)NCc1cc(C)ccc1OC(F)F. The monoisotopic (exact) mass is 404 g/mol. The number of benzene rings is 2. The van der Waals surface area contributed by atoms with E-state index in [9.17, 15) is 13.6 Å². The normalized spacial score (nSPS) is 11.3. The van der Waals surface area contributed by atoms with Crippen molar-refractivity contribution < 1.29 is 18.3 Å². The lowest BCUT2D eigenvalue weighted by atomic mass is 10.1. The van der Waals surface area contributed by atoms with Gasteiger partial charge in [-0.1, -0.05) is 29.8 Å². The molecule has 0 saturated carbocycles. The van der Waals surface area contributed by atoms with Gasteiger partial charge in [0.15, 0.2) is 5.96 Å². The maximum absolute atomic E-state index is 12.6. The molecule has 8 heteroatoms. The second kappa shape index (κ2) is 11.0. The first-order valence-electron chi connectivity index (χ1n) is 9.30. The van der Waals surface area contributed by atoms with Gasteiger partial charge >= 0.3 is 6.61 Å². The summed E-state index contributed by atoms with van der Waals surface area (Å²) in [7, 11) is 0. The molecule has 0 aliphatic rings. The van der Waals surface area contributed by atoms with Crippen molar-refractivity contribution in [2.75, 3.05) is 11.9 Å². The van der Waals surface area contributed by atoms with Crippen LogP contribution in [0.2, 0.25) is 0 Å². The Morgan fingerprint density at radius 2 is 1.97 bits per heavy atom. The number of aryl methyl sites for hydroxylation is 1. The molecular formula is C21H26F2N4O2. The van der Waals surface area contributed by atoms with Crippen LogP contribution >= 0.6 is 0 Å². The number of hydrogen-bond acceptors (Lipinski definition) is 3. The van der Waals surface area contributed by atoms with E-state index in [2.05, 4.69) is 25.7 Å². The highest BCUT2D eigenvalue weighted by Gasteiger charge is 2.10. The second-order valence-electron chi connectivity index (χ2n) is 6.42. The van der Waals surface area contributed by atoms with Gasteiger partial charge in [0.05, 0.1) is 6.54 Å². The van der Waals surface area contributed by atoms with E-state index in [-0.39, 0.29) is 18.2 Å². The minimum absolute atomic E-state index is 0.136. The molecule has 0 fully saturated rings. The number of halogens is 2. The van der Waals surface area contributed by atoms with E-state index in [1.54, 1.807) is 18.2 Å². The summed E-state index contributed by atoms with van der Waals surface area (Å²) >= 11 is 0. The third-order valence-corrected chi connectivity index (χ3v) is 3.89. The van der Waals surface area contributed by atoms with E-state index in [0.29, 0.717) is 30.3 Å². The Morgan fingerprint density at radius 3 is 2.66 bits per heavy atom. The van der Waals surface area contributed by atoms with E-state index < -0.39 is 6.61 Å². The molecule has 0 aromatic heterocycles. The van der Waals surface area contributed by atoms with Crippen molar-refractivity contribution in [3.63, 3.8) is 0 Å². The van der Waals surface area contributed by atoms with Crippen LogP contribution in [0.25, 0.3) is 0 Å². The molecule has 0 spiro atoms. The van der Waals surface area contributed by atoms with Gasteiger partial charge in [-0.3, -0.25) is 4.79 Å². The zero-order valence-electron chi connectivity index (χ0n) is 16.8. The molecule has 3 N–H and O–H groups in total. The standard InChI is InChI=1S/C21H26F2N4O2/c1-4-24-21(25-12-16-6-5-7-18(11-16)27-15(3)28)26-13-17-10-14(2)8-9-19(17)29-20(22)23/h5-11,20H,4,12-13H2,1-3H3,(H,27,28)(H2,24,25,26). The maximum atomic E-state index is 12.6. The van der Waals surface area contributed by atoms with Crippen molar-refractivity contribution >= 4 is 17.6 Å². The van der Waals surface area contributed by atoms with Crippen molar-refractivity contribution in [1.29, 1.82) is 0 Å². The van der Waals surface area contributed by atoms with Gasteiger partial charge in [0.1, 0.15) is 5.75 Å². The number of nitrogens with one attached hydrogen (secondary N) is 3. The molecule has 0 atom stereocenters. The van der Waals surface area contributed by atoms with Gasteiger partial charge in [-0.05, 0) is 37.6 Å². The lowest BCUT2D eigenvalue weighted by Crippen LogP contribution is -2.36. The van der Waals surface area contributed by atoms with Gasteiger partial charge in [0.2, 0.25) is 5.91 Å². The molecule has 0 aliphatic heterocycles. The van der Waals surface area contributed by atoms with Crippen LogP contribution in [0.5, 0.6) is 5.75 Å². The minimum atomic E-state index is -2.88. The van der Waals surface area contributed by atoms with Crippen LogP contribution in [0.1, 0.15) is 30.5 Å². The van der Waals surface area contributed by atoms with Crippen molar-refractivity contribution in [1.82, 2.24) is 10.6 Å². The number of rotatable bonds is 8. The molecular weight excluding hydrogens is 378 g/mol. The average Bonchev–Trinajstić information content (AvgIpc) is 2.65. The van der Waals surface area contributed by atoms with Crippen LogP contribution in [0.3, 0.4) is 0 Å². The molecule has 29 heavy (non-hydrogen) atoms. The zero-order chi connectivity index (χ0) is 21.2. The number of carbonyl (C=O) groups excluding carboxylic acids is 1. The molecule has 0 saturated heterocycles. The van der Waals surface area contributed by atoms with Gasteiger partial charge in [0, 0.05) is 31.3 Å². The highest BCUT2D eigenvalue weighted by molar-refractivity contribution is 5.88. The summed E-state index contributed by atoms with van der Waals surface area (Å²) in [6, 6.07) is 12.5. The third-order valence-electron chi connectivity index (χ3n) is 3.89. The number of nitrogens with zero attached hydrogens (tertiary/aromatic N) is 1. The second-order valence-corrected chi connectivity index (χ2v) is 6.42. The molecule has 1 amide bonds. The third kappa shape index (κ3) is 7.77. The number of anilines is 1. The minimum Gasteiger partial charge on any atom is -0.434 e. The molecule has 0 radical (unpaired) electrons. The molecule has 2 aromatic rings. The molecule has 0 heterocycles. The summed E-state index contributed by atoms with van der Waals surface area (Å²) in [6.45, 7) is 3.71. The topological polar surface area (TPSA) is 74.8 Å². The highest BCUT2D eigenvalue weighted by Crippen LogP contribution is 2.22. The first kappa shape index (κ1) is 22.1. The first-order valence-corrected chi connectivity index (χ1v) is 9.30. The fourth-order valence-corrected chi connectivity index (χ4v) is 2.70. The Bertz CT molecular complexity index is 856. The largest absolute Gasteiger partial charge is 0.434 e. The van der Waals surface area contributed by atoms with Crippen LogP contribution < -0.4 is 20.7 Å². The average molecular weight is 404 g/mol. The Morgan fingerprint density at radius 1 is 1.17 bits per heavy atom. The van der Waals surface area contributed by atoms with Gasteiger partial charge in [-0.25, -0.2) is 4.99 Å². The van der Waals surface area contributed by atoms with Crippen LogP contribution in [0, 0.1) is 6.92 Å². The summed E-state index contributed by atoms with van der Waals surface area (Å²) in [6.07, 6.45) is 0. The lowest BCUT2D eigenvalue weighted by Gasteiger charge is -2.15. The van der Waals surface area contributed by atoms with Crippen molar-refractivity contribution in [2.24, 2.45) is 4.99 Å². The Labute approximate surface area is 169 Å². The van der Waals surface area contributed by atoms with Crippen LogP contribution in [-0.2, 0) is 17.9 Å². The number of aliphatic imine (C=N–C) groups is 1. The van der Waals surface area contributed by atoms with Crippen LogP contribution in [-0.4, -0.2) is 25.0 Å². The lowest BCUT2D eigenvalue weighted by molar-refractivity contribution is -0.114. The summed E-state index contributed by atoms with van der Waals surface area (Å²) in [5.74, 6) is 0.541. The quantitative estimate of drug-likeness (QED) is 0.462. The number of carbonyl (C=O) groups is 1. The van der Waals surface area contributed by atoms with E-state index in [1.807, 2.05) is 32.0 Å². The predicted octanol–water partition coefficient (Wildman–Crippen LogP) is 3.81.